The lowest BCUT2D eigenvalue weighted by atomic mass is 10.4. The summed E-state index contributed by atoms with van der Waals surface area (Å²) in [6.07, 6.45) is -0.709. The molecule has 8 heteroatoms. The number of carbonyl (C=O) groups excluding carboxylic acids is 2. The van der Waals surface area contributed by atoms with Crippen molar-refractivity contribution < 1.29 is 14.3 Å². The summed E-state index contributed by atoms with van der Waals surface area (Å²) >= 11 is 13.1. The van der Waals surface area contributed by atoms with E-state index in [0.29, 0.717) is 14.9 Å². The molecule has 0 aromatic heterocycles. The molecule has 1 aromatic carbocycles. The molecule has 110 valence electrons. The summed E-state index contributed by atoms with van der Waals surface area (Å²) in [5.74, 6) is -0.376. The van der Waals surface area contributed by atoms with Gasteiger partial charge in [0.1, 0.15) is 0 Å². The third-order valence-corrected chi connectivity index (χ3v) is 3.97. The van der Waals surface area contributed by atoms with Gasteiger partial charge >= 0.3 is 6.09 Å². The van der Waals surface area contributed by atoms with Crippen molar-refractivity contribution in [1.82, 2.24) is 10.9 Å². The highest BCUT2D eigenvalue weighted by Crippen LogP contribution is 2.32. The van der Waals surface area contributed by atoms with Crippen LogP contribution >= 0.6 is 35.0 Å². The highest BCUT2D eigenvalue weighted by Gasteiger charge is 2.17. The number of hydrogen-bond acceptors (Lipinski definition) is 4. The van der Waals surface area contributed by atoms with Crippen LogP contribution in [0.15, 0.2) is 23.1 Å². The summed E-state index contributed by atoms with van der Waals surface area (Å²) in [5, 5.41) is 0.583. The number of thioether (sulfide) groups is 1. The largest absolute Gasteiger partial charge is 0.449 e. The van der Waals surface area contributed by atoms with Crippen molar-refractivity contribution >= 4 is 47.0 Å². The third-order valence-electron chi connectivity index (χ3n) is 2.13. The topological polar surface area (TPSA) is 67.4 Å². The van der Waals surface area contributed by atoms with Crippen LogP contribution in [0.1, 0.15) is 13.8 Å². The molecule has 0 fully saturated rings. The fourth-order valence-corrected chi connectivity index (χ4v) is 2.60. The molecule has 0 saturated carbocycles. The highest BCUT2D eigenvalue weighted by molar-refractivity contribution is 8.00. The van der Waals surface area contributed by atoms with Crippen molar-refractivity contribution in [2.75, 3.05) is 6.61 Å². The minimum absolute atomic E-state index is 0.226. The lowest BCUT2D eigenvalue weighted by molar-refractivity contribution is -0.121. The fourth-order valence-electron chi connectivity index (χ4n) is 1.19. The molecule has 5 nitrogen and oxygen atoms in total. The maximum absolute atomic E-state index is 11.8. The summed E-state index contributed by atoms with van der Waals surface area (Å²) in [7, 11) is 0. The zero-order valence-corrected chi connectivity index (χ0v) is 13.2. The zero-order valence-electron chi connectivity index (χ0n) is 10.9. The molecule has 1 atom stereocenters. The summed E-state index contributed by atoms with van der Waals surface area (Å²) in [4.78, 5) is 23.5. The number of nitrogens with one attached hydrogen (secondary N) is 2. The van der Waals surface area contributed by atoms with Crippen molar-refractivity contribution in [2.24, 2.45) is 0 Å². The Hall–Kier alpha value is -1.11. The van der Waals surface area contributed by atoms with Crippen molar-refractivity contribution in [3.05, 3.63) is 28.2 Å². The number of ether oxygens (including phenoxy) is 1. The van der Waals surface area contributed by atoms with E-state index in [9.17, 15) is 9.59 Å². The molecule has 0 aliphatic carbocycles. The number of amides is 2. The quantitative estimate of drug-likeness (QED) is 0.654. The molecule has 0 bridgehead atoms. The monoisotopic (exact) mass is 336 g/mol. The Balaban J connectivity index is 2.53. The van der Waals surface area contributed by atoms with Crippen LogP contribution in [0.3, 0.4) is 0 Å². The Morgan fingerprint density at radius 2 is 2.05 bits per heavy atom. The zero-order chi connectivity index (χ0) is 15.1. The van der Waals surface area contributed by atoms with Gasteiger partial charge in [-0.2, -0.15) is 0 Å². The van der Waals surface area contributed by atoms with Crippen LogP contribution in [0.5, 0.6) is 0 Å². The molecule has 20 heavy (non-hydrogen) atoms. The van der Waals surface area contributed by atoms with E-state index in [4.69, 9.17) is 23.2 Å². The molecule has 0 aliphatic rings. The van der Waals surface area contributed by atoms with Gasteiger partial charge in [-0.1, -0.05) is 23.2 Å². The van der Waals surface area contributed by atoms with Gasteiger partial charge in [0, 0.05) is 9.92 Å². The van der Waals surface area contributed by atoms with Crippen LogP contribution in [0, 0.1) is 0 Å². The molecule has 0 heterocycles. The summed E-state index contributed by atoms with van der Waals surface area (Å²) in [6, 6.07) is 5.01. The molecular weight excluding hydrogens is 323 g/mol. The van der Waals surface area contributed by atoms with Crippen molar-refractivity contribution in [2.45, 2.75) is 24.0 Å². The maximum Gasteiger partial charge on any atom is 0.426 e. The average molecular weight is 337 g/mol. The number of carbonyl (C=O) groups is 2. The predicted octanol–water partition coefficient (Wildman–Crippen LogP) is 3.25. The van der Waals surface area contributed by atoms with Gasteiger partial charge in [0.2, 0.25) is 0 Å². The Morgan fingerprint density at radius 3 is 2.70 bits per heavy atom. The van der Waals surface area contributed by atoms with E-state index >= 15 is 0 Å². The van der Waals surface area contributed by atoms with Gasteiger partial charge < -0.3 is 4.74 Å². The minimum atomic E-state index is -0.709. The van der Waals surface area contributed by atoms with Crippen LogP contribution in [0.25, 0.3) is 0 Å². The van der Waals surface area contributed by atoms with E-state index in [1.54, 1.807) is 32.0 Å². The van der Waals surface area contributed by atoms with Crippen LogP contribution < -0.4 is 10.9 Å². The second-order valence-electron chi connectivity index (χ2n) is 3.67. The minimum Gasteiger partial charge on any atom is -0.449 e. The lowest BCUT2D eigenvalue weighted by Gasteiger charge is -2.13. The van der Waals surface area contributed by atoms with Gasteiger partial charge in [-0.25, -0.2) is 10.2 Å². The number of hydrazine groups is 1. The summed E-state index contributed by atoms with van der Waals surface area (Å²) in [5.41, 5.74) is 4.40. The second kappa shape index (κ2) is 8.24. The van der Waals surface area contributed by atoms with Gasteiger partial charge in [-0.15, -0.1) is 11.8 Å². The normalized spacial score (nSPS) is 11.6. The van der Waals surface area contributed by atoms with E-state index in [1.165, 1.54) is 11.8 Å². The number of benzene rings is 1. The molecule has 1 rings (SSSR count). The molecule has 0 spiro atoms. The number of rotatable bonds is 4. The van der Waals surface area contributed by atoms with Crippen LogP contribution in [0.4, 0.5) is 4.79 Å². The fraction of sp³-hybridized carbons (Fsp3) is 0.333. The molecule has 1 aromatic rings. The van der Waals surface area contributed by atoms with E-state index in [0.717, 1.165) is 0 Å². The molecular formula is C12H14Cl2N2O3S. The highest BCUT2D eigenvalue weighted by atomic mass is 35.5. The first kappa shape index (κ1) is 16.9. The smallest absolute Gasteiger partial charge is 0.426 e. The van der Waals surface area contributed by atoms with Gasteiger partial charge in [-0.05, 0) is 32.0 Å². The van der Waals surface area contributed by atoms with Crippen LogP contribution in [0.2, 0.25) is 10.0 Å². The Bertz CT molecular complexity index is 500. The van der Waals surface area contributed by atoms with Crippen LogP contribution in [-0.2, 0) is 9.53 Å². The van der Waals surface area contributed by atoms with E-state index in [-0.39, 0.29) is 12.5 Å². The van der Waals surface area contributed by atoms with Gasteiger partial charge in [0.25, 0.3) is 5.91 Å². The lowest BCUT2D eigenvalue weighted by Crippen LogP contribution is -2.45. The van der Waals surface area contributed by atoms with E-state index in [2.05, 4.69) is 15.6 Å². The first-order valence-electron chi connectivity index (χ1n) is 5.78. The molecule has 2 amide bonds. The first-order valence-corrected chi connectivity index (χ1v) is 7.42. The molecule has 0 radical (unpaired) electrons. The summed E-state index contributed by atoms with van der Waals surface area (Å²) in [6.45, 7) is 3.58. The molecule has 1 unspecified atom stereocenters. The van der Waals surface area contributed by atoms with Gasteiger partial charge in [0.05, 0.1) is 16.9 Å². The third kappa shape index (κ3) is 5.48. The SMILES string of the molecule is CCOC(=O)NNC(=O)C(C)Sc1cc(Cl)ccc1Cl. The molecule has 0 aliphatic heterocycles. The maximum atomic E-state index is 11.8. The Kier molecular flexibility index (Phi) is 6.98. The second-order valence-corrected chi connectivity index (χ2v) is 5.90. The van der Waals surface area contributed by atoms with E-state index in [1.807, 2.05) is 0 Å². The Morgan fingerprint density at radius 1 is 1.35 bits per heavy atom. The standard InChI is InChI=1S/C12H14Cl2N2O3S/c1-3-19-12(18)16-15-11(17)7(2)20-10-6-8(13)4-5-9(10)14/h4-7H,3H2,1-2H3,(H,15,17)(H,16,18). The predicted molar refractivity (Wildman–Crippen MR) is 80.1 cm³/mol. The van der Waals surface area contributed by atoms with Crippen LogP contribution in [-0.4, -0.2) is 23.9 Å². The van der Waals surface area contributed by atoms with Gasteiger partial charge in [-0.3, -0.25) is 10.2 Å². The van der Waals surface area contributed by atoms with Crippen molar-refractivity contribution in [1.29, 1.82) is 0 Å². The molecule has 2 N–H and O–H groups in total. The van der Waals surface area contributed by atoms with Gasteiger partial charge in [0.15, 0.2) is 0 Å². The number of halogens is 2. The summed E-state index contributed by atoms with van der Waals surface area (Å²) < 4.78 is 4.62. The first-order chi connectivity index (χ1) is 9.43. The van der Waals surface area contributed by atoms with E-state index < -0.39 is 11.3 Å². The van der Waals surface area contributed by atoms with Crippen molar-refractivity contribution in [3.8, 4) is 0 Å². The average Bonchev–Trinajstić information content (AvgIpc) is 2.40. The molecule has 0 saturated heterocycles. The van der Waals surface area contributed by atoms with Crippen molar-refractivity contribution in [3.63, 3.8) is 0 Å². The Labute approximate surface area is 131 Å². The number of hydrogen-bond donors (Lipinski definition) is 2.